The van der Waals surface area contributed by atoms with Crippen LogP contribution >= 0.6 is 0 Å². The number of hydrogen-bond donors (Lipinski definition) is 3. The molecular formula is C27H41N3. The Morgan fingerprint density at radius 3 is 1.67 bits per heavy atom. The molecular weight excluding hydrogens is 366 g/mol. The Kier molecular flexibility index (Phi) is 11.3. The smallest absolute Gasteiger partial charge is 0.0564 e. The quantitative estimate of drug-likeness (QED) is 0.333. The lowest BCUT2D eigenvalue weighted by Gasteiger charge is -2.34. The number of benzene rings is 2. The van der Waals surface area contributed by atoms with Crippen molar-refractivity contribution in [3.05, 3.63) is 84.1 Å². The Morgan fingerprint density at radius 1 is 0.700 bits per heavy atom. The molecule has 30 heavy (non-hydrogen) atoms. The predicted molar refractivity (Wildman–Crippen MR) is 131 cm³/mol. The molecule has 0 radical (unpaired) electrons. The van der Waals surface area contributed by atoms with Gasteiger partial charge < -0.3 is 16.0 Å². The first-order valence-corrected chi connectivity index (χ1v) is 11.6. The van der Waals surface area contributed by atoms with Crippen LogP contribution in [0.1, 0.15) is 57.1 Å². The first kappa shape index (κ1) is 24.2. The Hall–Kier alpha value is -2.10. The minimum Gasteiger partial charge on any atom is -0.388 e. The summed E-state index contributed by atoms with van der Waals surface area (Å²) in [6.07, 6.45) is 6.13. The van der Waals surface area contributed by atoms with Gasteiger partial charge in [0.05, 0.1) is 5.41 Å². The minimum atomic E-state index is -0.249. The van der Waals surface area contributed by atoms with Crippen molar-refractivity contribution in [2.24, 2.45) is 0 Å². The zero-order chi connectivity index (χ0) is 21.5. The molecule has 2 aromatic rings. The maximum absolute atomic E-state index is 4.43. The highest BCUT2D eigenvalue weighted by atomic mass is 14.9. The lowest BCUT2D eigenvalue weighted by atomic mass is 9.74. The molecule has 0 saturated heterocycles. The minimum absolute atomic E-state index is 0.249. The lowest BCUT2D eigenvalue weighted by Crippen LogP contribution is -2.35. The Bertz CT molecular complexity index is 657. The van der Waals surface area contributed by atoms with Gasteiger partial charge in [-0.15, -0.1) is 0 Å². The highest BCUT2D eigenvalue weighted by Crippen LogP contribution is 2.36. The van der Waals surface area contributed by atoms with E-state index in [-0.39, 0.29) is 5.41 Å². The van der Waals surface area contributed by atoms with Gasteiger partial charge >= 0.3 is 0 Å². The first-order chi connectivity index (χ1) is 14.7. The van der Waals surface area contributed by atoms with Gasteiger partial charge in [0.1, 0.15) is 0 Å². The molecule has 3 N–H and O–H groups in total. The van der Waals surface area contributed by atoms with E-state index in [4.69, 9.17) is 0 Å². The van der Waals surface area contributed by atoms with Crippen molar-refractivity contribution in [1.29, 1.82) is 0 Å². The molecule has 3 heteroatoms. The monoisotopic (exact) mass is 407 g/mol. The van der Waals surface area contributed by atoms with E-state index in [9.17, 15) is 0 Å². The summed E-state index contributed by atoms with van der Waals surface area (Å²) in [5, 5.41) is 10.7. The van der Waals surface area contributed by atoms with Crippen LogP contribution < -0.4 is 16.0 Å². The number of hydrogen-bond acceptors (Lipinski definition) is 3. The Labute approximate surface area is 184 Å². The van der Waals surface area contributed by atoms with Crippen molar-refractivity contribution in [2.75, 3.05) is 32.7 Å². The first-order valence-electron chi connectivity index (χ1n) is 11.6. The fourth-order valence-electron chi connectivity index (χ4n) is 3.74. The molecule has 164 valence electrons. The molecule has 0 aliphatic carbocycles. The SMILES string of the molecule is C=C(NCCCNCCCCNCCCC)C(C)(c1ccccc1)c1ccccc1. The summed E-state index contributed by atoms with van der Waals surface area (Å²) in [6.45, 7) is 14.3. The van der Waals surface area contributed by atoms with Crippen molar-refractivity contribution in [1.82, 2.24) is 16.0 Å². The summed E-state index contributed by atoms with van der Waals surface area (Å²) in [6, 6.07) is 21.3. The molecule has 0 aliphatic rings. The van der Waals surface area contributed by atoms with Crippen LogP contribution in [0.25, 0.3) is 0 Å². The van der Waals surface area contributed by atoms with E-state index in [1.807, 2.05) is 0 Å². The van der Waals surface area contributed by atoms with Gasteiger partial charge in [-0.1, -0.05) is 80.6 Å². The van der Waals surface area contributed by atoms with Crippen molar-refractivity contribution < 1.29 is 0 Å². The van der Waals surface area contributed by atoms with Gasteiger partial charge in [-0.05, 0) is 69.9 Å². The topological polar surface area (TPSA) is 36.1 Å². The molecule has 0 amide bonds. The lowest BCUT2D eigenvalue weighted by molar-refractivity contribution is 0.548. The van der Waals surface area contributed by atoms with Crippen LogP contribution in [0.15, 0.2) is 72.9 Å². The summed E-state index contributed by atoms with van der Waals surface area (Å²) in [5.74, 6) is 0. The Balaban J connectivity index is 1.72. The molecule has 2 rings (SSSR count). The van der Waals surface area contributed by atoms with Crippen LogP contribution in [-0.2, 0) is 5.41 Å². The zero-order valence-electron chi connectivity index (χ0n) is 19.1. The average molecular weight is 408 g/mol. The zero-order valence-corrected chi connectivity index (χ0v) is 19.1. The van der Waals surface area contributed by atoms with Gasteiger partial charge in [0.25, 0.3) is 0 Å². The van der Waals surface area contributed by atoms with Crippen LogP contribution in [0.5, 0.6) is 0 Å². The highest BCUT2D eigenvalue weighted by Gasteiger charge is 2.31. The van der Waals surface area contributed by atoms with E-state index < -0.39 is 0 Å². The van der Waals surface area contributed by atoms with Crippen molar-refractivity contribution in [2.45, 2.75) is 51.4 Å². The molecule has 0 atom stereocenters. The second-order valence-electron chi connectivity index (χ2n) is 8.18. The standard InChI is InChI=1S/C27H41N3/c1-4-5-19-28-20-12-13-21-29-22-14-23-30-24(2)27(3,25-15-8-6-9-16-25)26-17-10-7-11-18-26/h6-11,15-18,28-30H,2,4-5,12-14,19-23H2,1,3H3. The molecule has 0 aliphatic heterocycles. The maximum Gasteiger partial charge on any atom is 0.0564 e. The molecule has 2 aromatic carbocycles. The van der Waals surface area contributed by atoms with Gasteiger partial charge in [-0.25, -0.2) is 0 Å². The molecule has 0 bridgehead atoms. The average Bonchev–Trinajstić information content (AvgIpc) is 2.80. The largest absolute Gasteiger partial charge is 0.388 e. The van der Waals surface area contributed by atoms with E-state index in [2.05, 4.69) is 97.0 Å². The van der Waals surface area contributed by atoms with Gasteiger partial charge in [0.15, 0.2) is 0 Å². The van der Waals surface area contributed by atoms with Crippen LogP contribution in [-0.4, -0.2) is 32.7 Å². The van der Waals surface area contributed by atoms with Crippen LogP contribution in [0.3, 0.4) is 0 Å². The summed E-state index contributed by atoms with van der Waals surface area (Å²) >= 11 is 0. The summed E-state index contributed by atoms with van der Waals surface area (Å²) in [5.41, 5.74) is 3.33. The van der Waals surface area contributed by atoms with Gasteiger partial charge in [-0.2, -0.15) is 0 Å². The molecule has 0 fully saturated rings. The summed E-state index contributed by atoms with van der Waals surface area (Å²) in [4.78, 5) is 0. The fourth-order valence-corrected chi connectivity index (χ4v) is 3.74. The van der Waals surface area contributed by atoms with Gasteiger partial charge in [0, 0.05) is 12.2 Å². The van der Waals surface area contributed by atoms with Crippen LogP contribution in [0.4, 0.5) is 0 Å². The molecule has 0 saturated carbocycles. The van der Waals surface area contributed by atoms with Crippen molar-refractivity contribution in [3.63, 3.8) is 0 Å². The van der Waals surface area contributed by atoms with Crippen molar-refractivity contribution >= 4 is 0 Å². The van der Waals surface area contributed by atoms with E-state index in [1.54, 1.807) is 0 Å². The van der Waals surface area contributed by atoms with Crippen LogP contribution in [0, 0.1) is 0 Å². The third-order valence-electron chi connectivity index (χ3n) is 5.84. The fraction of sp³-hybridized carbons (Fsp3) is 0.481. The third kappa shape index (κ3) is 7.62. The number of unbranched alkanes of at least 4 members (excludes halogenated alkanes) is 2. The predicted octanol–water partition coefficient (Wildman–Crippen LogP) is 5.25. The molecule has 0 unspecified atom stereocenters. The molecule has 0 heterocycles. The van der Waals surface area contributed by atoms with E-state index in [0.717, 1.165) is 44.8 Å². The number of rotatable bonds is 16. The molecule has 3 nitrogen and oxygen atoms in total. The third-order valence-corrected chi connectivity index (χ3v) is 5.84. The second-order valence-corrected chi connectivity index (χ2v) is 8.18. The van der Waals surface area contributed by atoms with E-state index >= 15 is 0 Å². The van der Waals surface area contributed by atoms with Crippen LogP contribution in [0.2, 0.25) is 0 Å². The van der Waals surface area contributed by atoms with Gasteiger partial charge in [-0.3, -0.25) is 0 Å². The van der Waals surface area contributed by atoms with E-state index in [0.29, 0.717) is 0 Å². The second kappa shape index (κ2) is 14.0. The van der Waals surface area contributed by atoms with Gasteiger partial charge in [0.2, 0.25) is 0 Å². The highest BCUT2D eigenvalue weighted by molar-refractivity contribution is 5.46. The summed E-state index contributed by atoms with van der Waals surface area (Å²) in [7, 11) is 0. The Morgan fingerprint density at radius 2 is 1.17 bits per heavy atom. The normalized spacial score (nSPS) is 11.4. The van der Waals surface area contributed by atoms with E-state index in [1.165, 1.54) is 36.8 Å². The van der Waals surface area contributed by atoms with Crippen molar-refractivity contribution in [3.8, 4) is 0 Å². The summed E-state index contributed by atoms with van der Waals surface area (Å²) < 4.78 is 0. The maximum atomic E-state index is 4.43. The number of nitrogens with one attached hydrogen (secondary N) is 3. The number of allylic oxidation sites excluding steroid dienone is 1. The molecule has 0 spiro atoms. The molecule has 0 aromatic heterocycles.